The molecule has 0 spiro atoms. The average Bonchev–Trinajstić information content (AvgIpc) is 2.57. The molecule has 1 N–H and O–H groups in total. The largest absolute Gasteiger partial charge is 0.492 e. The Morgan fingerprint density at radius 3 is 2.54 bits per heavy atom. The average molecular weight is 328 g/mol. The number of hydrogen-bond acceptors (Lipinski definition) is 5. The quantitative estimate of drug-likeness (QED) is 0.843. The maximum absolute atomic E-state index is 12.5. The molecule has 0 radical (unpaired) electrons. The van der Waals surface area contributed by atoms with Gasteiger partial charge in [-0.15, -0.1) is 0 Å². The molecule has 24 heavy (non-hydrogen) atoms. The number of carbonyl (C=O) groups excluding carboxylic acids is 1. The van der Waals surface area contributed by atoms with Crippen LogP contribution in [0.5, 0.6) is 5.75 Å². The number of nitrogens with zero attached hydrogens (tertiary/aromatic N) is 3. The Morgan fingerprint density at radius 1 is 1.17 bits per heavy atom. The molecule has 0 bridgehead atoms. The molecule has 6 heteroatoms. The second kappa shape index (κ2) is 8.29. The summed E-state index contributed by atoms with van der Waals surface area (Å²) in [5.41, 5.74) is 1.20. The molecule has 6 nitrogen and oxygen atoms in total. The van der Waals surface area contributed by atoms with Crippen molar-refractivity contribution in [1.82, 2.24) is 14.9 Å². The Labute approximate surface area is 142 Å². The highest BCUT2D eigenvalue weighted by atomic mass is 16.5. The molecule has 2 rings (SSSR count). The number of anilines is 2. The van der Waals surface area contributed by atoms with Gasteiger partial charge in [-0.05, 0) is 39.8 Å². The molecule has 1 aromatic heterocycles. The molecule has 1 aromatic carbocycles. The van der Waals surface area contributed by atoms with E-state index in [2.05, 4.69) is 15.3 Å². The standard InChI is InChI=1S/C18H24N4O2/c1-5-22(6-2)18(23)15-12-17(20-13(4)19-15)21-14-10-8-9-11-16(14)24-7-3/h8-12H,5-7H2,1-4H3,(H,19,20,21). The summed E-state index contributed by atoms with van der Waals surface area (Å²) in [6.07, 6.45) is 0. The van der Waals surface area contributed by atoms with Gasteiger partial charge in [-0.3, -0.25) is 4.79 Å². The van der Waals surface area contributed by atoms with E-state index < -0.39 is 0 Å². The molecule has 128 valence electrons. The first kappa shape index (κ1) is 17.7. The van der Waals surface area contributed by atoms with Crippen molar-refractivity contribution in [2.24, 2.45) is 0 Å². The molecular weight excluding hydrogens is 304 g/mol. The highest BCUT2D eigenvalue weighted by Crippen LogP contribution is 2.27. The van der Waals surface area contributed by atoms with Gasteiger partial charge in [-0.2, -0.15) is 0 Å². The lowest BCUT2D eigenvalue weighted by atomic mass is 10.2. The first-order chi connectivity index (χ1) is 11.6. The number of para-hydroxylation sites is 2. The van der Waals surface area contributed by atoms with Gasteiger partial charge < -0.3 is 15.0 Å². The van der Waals surface area contributed by atoms with Gasteiger partial charge in [-0.1, -0.05) is 12.1 Å². The van der Waals surface area contributed by atoms with Gasteiger partial charge in [0.15, 0.2) is 0 Å². The summed E-state index contributed by atoms with van der Waals surface area (Å²) in [7, 11) is 0. The van der Waals surface area contributed by atoms with Crippen molar-refractivity contribution >= 4 is 17.4 Å². The lowest BCUT2D eigenvalue weighted by Gasteiger charge is -2.18. The van der Waals surface area contributed by atoms with E-state index in [0.717, 1.165) is 11.4 Å². The van der Waals surface area contributed by atoms with Crippen molar-refractivity contribution in [2.45, 2.75) is 27.7 Å². The zero-order valence-corrected chi connectivity index (χ0v) is 14.7. The van der Waals surface area contributed by atoms with Crippen LogP contribution in [0.4, 0.5) is 11.5 Å². The van der Waals surface area contributed by atoms with E-state index in [1.807, 2.05) is 45.0 Å². The predicted molar refractivity (Wildman–Crippen MR) is 94.9 cm³/mol. The number of hydrogen-bond donors (Lipinski definition) is 1. The molecule has 0 saturated carbocycles. The molecule has 1 heterocycles. The second-order valence-electron chi connectivity index (χ2n) is 5.22. The van der Waals surface area contributed by atoms with Gasteiger partial charge in [0.2, 0.25) is 0 Å². The second-order valence-corrected chi connectivity index (χ2v) is 5.22. The van der Waals surface area contributed by atoms with Crippen molar-refractivity contribution in [3.63, 3.8) is 0 Å². The fourth-order valence-corrected chi connectivity index (χ4v) is 2.40. The Morgan fingerprint density at radius 2 is 1.88 bits per heavy atom. The summed E-state index contributed by atoms with van der Waals surface area (Å²) >= 11 is 0. The van der Waals surface area contributed by atoms with Crippen LogP contribution in [0, 0.1) is 6.92 Å². The van der Waals surface area contributed by atoms with Crippen LogP contribution in [0.2, 0.25) is 0 Å². The van der Waals surface area contributed by atoms with Crippen LogP contribution in [0.15, 0.2) is 30.3 Å². The molecule has 2 aromatic rings. The Hall–Kier alpha value is -2.63. The van der Waals surface area contributed by atoms with E-state index >= 15 is 0 Å². The zero-order chi connectivity index (χ0) is 17.5. The fourth-order valence-electron chi connectivity index (χ4n) is 2.40. The predicted octanol–water partition coefficient (Wildman–Crippen LogP) is 3.41. The number of nitrogens with one attached hydrogen (secondary N) is 1. The molecular formula is C18H24N4O2. The third kappa shape index (κ3) is 4.22. The molecule has 0 saturated heterocycles. The summed E-state index contributed by atoms with van der Waals surface area (Å²) in [6, 6.07) is 9.31. The highest BCUT2D eigenvalue weighted by molar-refractivity contribution is 5.93. The van der Waals surface area contributed by atoms with Crippen LogP contribution < -0.4 is 10.1 Å². The zero-order valence-electron chi connectivity index (χ0n) is 14.7. The summed E-state index contributed by atoms with van der Waals surface area (Å²) in [5, 5.41) is 3.22. The molecule has 0 fully saturated rings. The van der Waals surface area contributed by atoms with Gasteiger partial charge in [0, 0.05) is 19.2 Å². The number of aromatic nitrogens is 2. The van der Waals surface area contributed by atoms with Crippen LogP contribution in [0.3, 0.4) is 0 Å². The van der Waals surface area contributed by atoms with Gasteiger partial charge in [-0.25, -0.2) is 9.97 Å². The van der Waals surface area contributed by atoms with E-state index in [1.54, 1.807) is 17.9 Å². The molecule has 0 unspecified atom stereocenters. The van der Waals surface area contributed by atoms with Crippen LogP contribution in [-0.2, 0) is 0 Å². The van der Waals surface area contributed by atoms with E-state index in [0.29, 0.717) is 37.0 Å². The third-order valence-electron chi connectivity index (χ3n) is 3.56. The lowest BCUT2D eigenvalue weighted by molar-refractivity contribution is 0.0766. The fraction of sp³-hybridized carbons (Fsp3) is 0.389. The summed E-state index contributed by atoms with van der Waals surface area (Å²) in [4.78, 5) is 22.9. The number of ether oxygens (including phenoxy) is 1. The summed E-state index contributed by atoms with van der Waals surface area (Å²) < 4.78 is 5.61. The number of amides is 1. The highest BCUT2D eigenvalue weighted by Gasteiger charge is 2.16. The van der Waals surface area contributed by atoms with Crippen molar-refractivity contribution in [2.75, 3.05) is 25.0 Å². The number of carbonyl (C=O) groups is 1. The van der Waals surface area contributed by atoms with Crippen LogP contribution in [-0.4, -0.2) is 40.5 Å². The van der Waals surface area contributed by atoms with Gasteiger partial charge in [0.05, 0.1) is 12.3 Å². The van der Waals surface area contributed by atoms with E-state index in [-0.39, 0.29) is 5.91 Å². The maximum atomic E-state index is 12.5. The molecule has 0 atom stereocenters. The topological polar surface area (TPSA) is 67.3 Å². The van der Waals surface area contributed by atoms with Crippen molar-refractivity contribution in [1.29, 1.82) is 0 Å². The minimum absolute atomic E-state index is 0.0911. The molecule has 0 aliphatic heterocycles. The number of aryl methyl sites for hydroxylation is 1. The van der Waals surface area contributed by atoms with E-state index in [4.69, 9.17) is 4.74 Å². The maximum Gasteiger partial charge on any atom is 0.272 e. The SMILES string of the molecule is CCOc1ccccc1Nc1cc(C(=O)N(CC)CC)nc(C)n1. The van der Waals surface area contributed by atoms with Gasteiger partial charge >= 0.3 is 0 Å². The first-order valence-corrected chi connectivity index (χ1v) is 8.22. The molecule has 0 aliphatic rings. The van der Waals surface area contributed by atoms with Gasteiger partial charge in [0.25, 0.3) is 5.91 Å². The van der Waals surface area contributed by atoms with Crippen LogP contribution in [0.25, 0.3) is 0 Å². The van der Waals surface area contributed by atoms with E-state index in [9.17, 15) is 4.79 Å². The molecule has 1 amide bonds. The Balaban J connectivity index is 2.31. The summed E-state index contributed by atoms with van der Waals surface area (Å²) in [5.74, 6) is 1.77. The summed E-state index contributed by atoms with van der Waals surface area (Å²) in [6.45, 7) is 9.49. The number of benzene rings is 1. The van der Waals surface area contributed by atoms with Gasteiger partial charge in [0.1, 0.15) is 23.1 Å². The minimum Gasteiger partial charge on any atom is -0.492 e. The Bertz CT molecular complexity index is 699. The van der Waals surface area contributed by atoms with Crippen molar-refractivity contribution in [3.8, 4) is 5.75 Å². The lowest BCUT2D eigenvalue weighted by Crippen LogP contribution is -2.31. The smallest absolute Gasteiger partial charge is 0.272 e. The number of rotatable bonds is 7. The third-order valence-corrected chi connectivity index (χ3v) is 3.56. The monoisotopic (exact) mass is 328 g/mol. The normalized spacial score (nSPS) is 10.3. The van der Waals surface area contributed by atoms with Crippen molar-refractivity contribution < 1.29 is 9.53 Å². The Kier molecular flexibility index (Phi) is 6.12. The van der Waals surface area contributed by atoms with Crippen LogP contribution >= 0.6 is 0 Å². The van der Waals surface area contributed by atoms with Crippen molar-refractivity contribution in [3.05, 3.63) is 41.9 Å². The van der Waals surface area contributed by atoms with E-state index in [1.165, 1.54) is 0 Å². The minimum atomic E-state index is -0.0911. The van der Waals surface area contributed by atoms with Crippen LogP contribution in [0.1, 0.15) is 37.1 Å². The molecule has 0 aliphatic carbocycles. The first-order valence-electron chi connectivity index (χ1n) is 8.22.